The topological polar surface area (TPSA) is 117 Å². The molecule has 2 amide bonds. The molecule has 0 unspecified atom stereocenters. The summed E-state index contributed by atoms with van der Waals surface area (Å²) in [5.74, 6) is -0.367. The molecule has 0 bridgehead atoms. The number of anilines is 1. The van der Waals surface area contributed by atoms with E-state index in [1.54, 1.807) is 30.3 Å². The average Bonchev–Trinajstić information content (AvgIpc) is 2.76. The van der Waals surface area contributed by atoms with Crippen molar-refractivity contribution in [3.63, 3.8) is 0 Å². The van der Waals surface area contributed by atoms with Gasteiger partial charge in [0.15, 0.2) is 11.5 Å². The molecular weight excluding hydrogens is 412 g/mol. The van der Waals surface area contributed by atoms with Crippen molar-refractivity contribution in [3.05, 3.63) is 65.7 Å². The van der Waals surface area contributed by atoms with E-state index in [1.807, 2.05) is 32.9 Å². The number of hydroxylamine groups is 1. The van der Waals surface area contributed by atoms with Gasteiger partial charge in [0.2, 0.25) is 0 Å². The zero-order valence-electron chi connectivity index (χ0n) is 18.7. The zero-order chi connectivity index (χ0) is 23.7. The third-order valence-electron chi connectivity index (χ3n) is 5.07. The van der Waals surface area contributed by atoms with E-state index in [2.05, 4.69) is 5.32 Å². The number of methoxy groups -OCH3 is 1. The number of phenolic OH excluding ortho intramolecular Hbond substituents is 1. The number of amides is 2. The van der Waals surface area contributed by atoms with E-state index in [0.29, 0.717) is 29.8 Å². The van der Waals surface area contributed by atoms with Crippen molar-refractivity contribution < 1.29 is 29.4 Å². The van der Waals surface area contributed by atoms with Crippen LogP contribution in [-0.4, -0.2) is 29.4 Å². The number of hydrogen-bond donors (Lipinski definition) is 4. The predicted molar refractivity (Wildman–Crippen MR) is 121 cm³/mol. The molecule has 0 radical (unpaired) electrons. The first-order valence-electron chi connectivity index (χ1n) is 10.2. The fraction of sp³-hybridized carbons (Fsp3) is 0.333. The van der Waals surface area contributed by atoms with E-state index >= 15 is 0 Å². The SMILES string of the molecule is COc1ccc([C@H](OC(=O)Nc2ccc(C)cc2)C(C)(C)CC/C=C/C(=O)NO)cc1O. The first-order valence-corrected chi connectivity index (χ1v) is 10.2. The van der Waals surface area contributed by atoms with Gasteiger partial charge in [-0.05, 0) is 49.6 Å². The molecule has 2 aromatic carbocycles. The van der Waals surface area contributed by atoms with Crippen molar-refractivity contribution in [1.82, 2.24) is 5.48 Å². The Balaban J connectivity index is 2.24. The molecule has 4 N–H and O–H groups in total. The number of rotatable bonds is 9. The third-order valence-corrected chi connectivity index (χ3v) is 5.07. The molecule has 8 heteroatoms. The minimum Gasteiger partial charge on any atom is -0.504 e. The minimum absolute atomic E-state index is 0.0622. The number of nitrogens with one attached hydrogen (secondary N) is 2. The number of ether oxygens (including phenoxy) is 2. The van der Waals surface area contributed by atoms with Crippen molar-refractivity contribution in [1.29, 1.82) is 0 Å². The normalized spacial score (nSPS) is 12.3. The molecule has 8 nitrogen and oxygen atoms in total. The minimum atomic E-state index is -0.704. The number of aryl methyl sites for hydroxylation is 1. The third kappa shape index (κ3) is 7.02. The van der Waals surface area contributed by atoms with E-state index in [1.165, 1.54) is 24.7 Å². The number of carbonyl (C=O) groups excluding carboxylic acids is 2. The van der Waals surface area contributed by atoms with Gasteiger partial charge < -0.3 is 14.6 Å². The Hall–Kier alpha value is -3.52. The lowest BCUT2D eigenvalue weighted by molar-refractivity contribution is -0.124. The van der Waals surface area contributed by atoms with Gasteiger partial charge in [0.25, 0.3) is 5.91 Å². The van der Waals surface area contributed by atoms with Crippen molar-refractivity contribution >= 4 is 17.7 Å². The molecule has 0 heterocycles. The second-order valence-electron chi connectivity index (χ2n) is 8.11. The Bertz CT molecular complexity index is 953. The summed E-state index contributed by atoms with van der Waals surface area (Å²) in [6.45, 7) is 5.81. The molecule has 0 aliphatic carbocycles. The van der Waals surface area contributed by atoms with Crippen LogP contribution in [0.3, 0.4) is 0 Å². The molecule has 0 aromatic heterocycles. The molecule has 2 aromatic rings. The first kappa shape index (κ1) is 24.7. The van der Waals surface area contributed by atoms with Crippen LogP contribution in [0.5, 0.6) is 11.5 Å². The van der Waals surface area contributed by atoms with E-state index in [9.17, 15) is 14.7 Å². The van der Waals surface area contributed by atoms with Gasteiger partial charge in [-0.2, -0.15) is 0 Å². The van der Waals surface area contributed by atoms with E-state index in [-0.39, 0.29) is 5.75 Å². The molecule has 1 atom stereocenters. The number of hydrogen-bond acceptors (Lipinski definition) is 6. The molecule has 0 spiro atoms. The lowest BCUT2D eigenvalue weighted by Crippen LogP contribution is -2.29. The number of allylic oxidation sites excluding steroid dienone is 1. The highest BCUT2D eigenvalue weighted by atomic mass is 16.6. The van der Waals surface area contributed by atoms with Gasteiger partial charge in [-0.3, -0.25) is 15.3 Å². The maximum Gasteiger partial charge on any atom is 0.412 e. The summed E-state index contributed by atoms with van der Waals surface area (Å²) in [5, 5.41) is 21.6. The molecule has 172 valence electrons. The predicted octanol–water partition coefficient (Wildman–Crippen LogP) is 4.87. The maximum atomic E-state index is 12.7. The van der Waals surface area contributed by atoms with Crippen LogP contribution in [0.15, 0.2) is 54.6 Å². The van der Waals surface area contributed by atoms with Crippen molar-refractivity contribution in [2.45, 2.75) is 39.7 Å². The van der Waals surface area contributed by atoms with Gasteiger partial charge in [0, 0.05) is 17.2 Å². The smallest absolute Gasteiger partial charge is 0.412 e. The number of carbonyl (C=O) groups is 2. The lowest BCUT2D eigenvalue weighted by atomic mass is 9.78. The highest BCUT2D eigenvalue weighted by Gasteiger charge is 2.34. The van der Waals surface area contributed by atoms with Crippen LogP contribution in [0.4, 0.5) is 10.5 Å². The van der Waals surface area contributed by atoms with Crippen molar-refractivity contribution in [2.75, 3.05) is 12.4 Å². The molecule has 0 saturated carbocycles. The quantitative estimate of drug-likeness (QED) is 0.250. The number of benzene rings is 2. The summed E-state index contributed by atoms with van der Waals surface area (Å²) >= 11 is 0. The van der Waals surface area contributed by atoms with E-state index < -0.39 is 23.5 Å². The van der Waals surface area contributed by atoms with Crippen LogP contribution in [0.1, 0.15) is 43.9 Å². The second-order valence-corrected chi connectivity index (χ2v) is 8.11. The summed E-state index contributed by atoms with van der Waals surface area (Å²) in [5.41, 5.74) is 3.25. The van der Waals surface area contributed by atoms with E-state index in [0.717, 1.165) is 5.56 Å². The largest absolute Gasteiger partial charge is 0.504 e. The van der Waals surface area contributed by atoms with Gasteiger partial charge in [0.05, 0.1) is 7.11 Å². The van der Waals surface area contributed by atoms with Crippen LogP contribution >= 0.6 is 0 Å². The van der Waals surface area contributed by atoms with Crippen LogP contribution < -0.4 is 15.5 Å². The van der Waals surface area contributed by atoms with Gasteiger partial charge in [-0.25, -0.2) is 10.3 Å². The summed E-state index contributed by atoms with van der Waals surface area (Å²) in [6.07, 6.45) is 2.58. The molecule has 0 saturated heterocycles. The molecule has 0 aliphatic heterocycles. The summed E-state index contributed by atoms with van der Waals surface area (Å²) in [6, 6.07) is 12.2. The Kier molecular flexibility index (Phi) is 8.66. The first-order chi connectivity index (χ1) is 15.2. The summed E-state index contributed by atoms with van der Waals surface area (Å²) < 4.78 is 10.9. The fourth-order valence-electron chi connectivity index (χ4n) is 3.25. The molecule has 32 heavy (non-hydrogen) atoms. The Labute approximate surface area is 187 Å². The summed E-state index contributed by atoms with van der Waals surface area (Å²) in [4.78, 5) is 23.8. The fourth-order valence-corrected chi connectivity index (χ4v) is 3.25. The van der Waals surface area contributed by atoms with Crippen LogP contribution in [-0.2, 0) is 9.53 Å². The summed E-state index contributed by atoms with van der Waals surface area (Å²) in [7, 11) is 1.45. The van der Waals surface area contributed by atoms with Gasteiger partial charge in [-0.1, -0.05) is 43.7 Å². The average molecular weight is 443 g/mol. The van der Waals surface area contributed by atoms with Crippen LogP contribution in [0.25, 0.3) is 0 Å². The van der Waals surface area contributed by atoms with Crippen molar-refractivity contribution in [3.8, 4) is 11.5 Å². The monoisotopic (exact) mass is 442 g/mol. The Morgan fingerprint density at radius 3 is 2.44 bits per heavy atom. The van der Waals surface area contributed by atoms with Gasteiger partial charge >= 0.3 is 6.09 Å². The number of aromatic hydroxyl groups is 1. The molecule has 0 aliphatic rings. The lowest BCUT2D eigenvalue weighted by Gasteiger charge is -2.34. The maximum absolute atomic E-state index is 12.7. The molecule has 2 rings (SSSR count). The second kappa shape index (κ2) is 11.2. The molecule has 0 fully saturated rings. The zero-order valence-corrected chi connectivity index (χ0v) is 18.7. The van der Waals surface area contributed by atoms with Crippen LogP contribution in [0, 0.1) is 12.3 Å². The number of phenols is 1. The Morgan fingerprint density at radius 2 is 1.84 bits per heavy atom. The van der Waals surface area contributed by atoms with Crippen LogP contribution in [0.2, 0.25) is 0 Å². The van der Waals surface area contributed by atoms with Gasteiger partial charge in [-0.15, -0.1) is 0 Å². The van der Waals surface area contributed by atoms with Crippen molar-refractivity contribution in [2.24, 2.45) is 5.41 Å². The highest BCUT2D eigenvalue weighted by Crippen LogP contribution is 2.42. The highest BCUT2D eigenvalue weighted by molar-refractivity contribution is 5.86. The standard InChI is InChI=1S/C24H30N2O6/c1-16-8-11-18(12-9-16)25-23(29)32-22(17-10-13-20(31-4)19(27)15-17)24(2,3)14-6-5-7-21(28)26-30/h5,7-13,15,22,27,30H,6,14H2,1-4H3,(H,25,29)(H,26,28)/b7-5+/t22-/m0/s1. The Morgan fingerprint density at radius 1 is 1.16 bits per heavy atom. The van der Waals surface area contributed by atoms with E-state index in [4.69, 9.17) is 14.7 Å². The molecular formula is C24H30N2O6. The van der Waals surface area contributed by atoms with Gasteiger partial charge in [0.1, 0.15) is 6.10 Å².